The predicted octanol–water partition coefficient (Wildman–Crippen LogP) is 3.17. The van der Waals surface area contributed by atoms with E-state index in [4.69, 9.17) is 4.42 Å². The summed E-state index contributed by atoms with van der Waals surface area (Å²) in [5, 5.41) is 4.87. The Kier molecular flexibility index (Phi) is 5.76. The fourth-order valence-corrected chi connectivity index (χ4v) is 3.04. The number of nitrogens with zero attached hydrogens (tertiary/aromatic N) is 2. The van der Waals surface area contributed by atoms with Gasteiger partial charge in [0.1, 0.15) is 0 Å². The molecule has 0 radical (unpaired) electrons. The summed E-state index contributed by atoms with van der Waals surface area (Å²) >= 11 is 1.45. The van der Waals surface area contributed by atoms with E-state index in [1.54, 1.807) is 18.7 Å². The van der Waals surface area contributed by atoms with Crippen LogP contribution in [0.1, 0.15) is 20.9 Å². The summed E-state index contributed by atoms with van der Waals surface area (Å²) in [4.78, 5) is 19.4. The van der Waals surface area contributed by atoms with Crippen molar-refractivity contribution in [3.63, 3.8) is 0 Å². The third kappa shape index (κ3) is 4.78. The van der Waals surface area contributed by atoms with E-state index < -0.39 is 0 Å². The second-order valence-electron chi connectivity index (χ2n) is 5.40. The van der Waals surface area contributed by atoms with Gasteiger partial charge in [0.15, 0.2) is 0 Å². The Balaban J connectivity index is 1.56. The summed E-state index contributed by atoms with van der Waals surface area (Å²) in [7, 11) is 0. The first kappa shape index (κ1) is 16.4. The Morgan fingerprint density at radius 3 is 2.88 bits per heavy atom. The molecule has 0 aliphatic carbocycles. The molecule has 3 aromatic heterocycles. The Bertz CT molecular complexity index is 727. The highest BCUT2D eigenvalue weighted by molar-refractivity contribution is 7.12. The minimum absolute atomic E-state index is 0.0221. The van der Waals surface area contributed by atoms with E-state index in [-0.39, 0.29) is 5.91 Å². The van der Waals surface area contributed by atoms with Crippen LogP contribution in [0.25, 0.3) is 0 Å². The molecule has 24 heavy (non-hydrogen) atoms. The van der Waals surface area contributed by atoms with Crippen molar-refractivity contribution in [2.45, 2.75) is 13.1 Å². The highest BCUT2D eigenvalue weighted by Crippen LogP contribution is 2.10. The van der Waals surface area contributed by atoms with Gasteiger partial charge in [-0.3, -0.25) is 14.7 Å². The molecular weight excluding hydrogens is 322 g/mol. The van der Waals surface area contributed by atoms with Crippen molar-refractivity contribution < 1.29 is 9.21 Å². The lowest BCUT2D eigenvalue weighted by Crippen LogP contribution is -2.34. The zero-order valence-electron chi connectivity index (χ0n) is 13.2. The second-order valence-corrected chi connectivity index (χ2v) is 6.34. The molecule has 124 valence electrons. The van der Waals surface area contributed by atoms with E-state index in [1.807, 2.05) is 41.8 Å². The lowest BCUT2D eigenvalue weighted by molar-refractivity contribution is 0.0951. The quantitative estimate of drug-likeness (QED) is 0.684. The number of pyridine rings is 1. The van der Waals surface area contributed by atoms with Crippen molar-refractivity contribution in [1.29, 1.82) is 0 Å². The number of carbonyl (C=O) groups is 1. The molecule has 0 aliphatic heterocycles. The second kappa shape index (κ2) is 8.42. The summed E-state index contributed by atoms with van der Waals surface area (Å²) in [6.45, 7) is 2.79. The molecule has 1 amide bonds. The van der Waals surface area contributed by atoms with Crippen molar-refractivity contribution >= 4 is 17.2 Å². The predicted molar refractivity (Wildman–Crippen MR) is 93.7 cm³/mol. The average Bonchev–Trinajstić information content (AvgIpc) is 3.29. The molecule has 6 heteroatoms. The van der Waals surface area contributed by atoms with E-state index in [0.29, 0.717) is 6.54 Å². The zero-order chi connectivity index (χ0) is 16.6. The van der Waals surface area contributed by atoms with Crippen molar-refractivity contribution in [3.8, 4) is 0 Å². The van der Waals surface area contributed by atoms with Crippen LogP contribution in [-0.4, -0.2) is 28.9 Å². The Morgan fingerprint density at radius 2 is 2.17 bits per heavy atom. The van der Waals surface area contributed by atoms with Gasteiger partial charge in [-0.25, -0.2) is 0 Å². The third-order valence-electron chi connectivity index (χ3n) is 3.56. The molecule has 0 spiro atoms. The van der Waals surface area contributed by atoms with Crippen molar-refractivity contribution in [1.82, 2.24) is 15.2 Å². The molecule has 0 aliphatic rings. The van der Waals surface area contributed by atoms with Crippen LogP contribution in [0.5, 0.6) is 0 Å². The first-order chi connectivity index (χ1) is 11.8. The lowest BCUT2D eigenvalue weighted by atomic mass is 10.2. The van der Waals surface area contributed by atoms with E-state index >= 15 is 0 Å². The monoisotopic (exact) mass is 341 g/mol. The summed E-state index contributed by atoms with van der Waals surface area (Å²) in [6.07, 6.45) is 5.21. The van der Waals surface area contributed by atoms with E-state index in [9.17, 15) is 4.79 Å². The van der Waals surface area contributed by atoms with Crippen molar-refractivity contribution in [3.05, 3.63) is 76.6 Å². The molecule has 3 heterocycles. The zero-order valence-corrected chi connectivity index (χ0v) is 14.0. The van der Waals surface area contributed by atoms with Gasteiger partial charge in [0.2, 0.25) is 0 Å². The average molecular weight is 341 g/mol. The molecule has 5 nitrogen and oxygen atoms in total. The minimum atomic E-state index is -0.0221. The first-order valence-corrected chi connectivity index (χ1v) is 8.64. The number of furan rings is 1. The lowest BCUT2D eigenvalue weighted by Gasteiger charge is -2.21. The Labute approximate surface area is 144 Å². The highest BCUT2D eigenvalue weighted by Gasteiger charge is 2.11. The molecule has 0 atom stereocenters. The maximum Gasteiger partial charge on any atom is 0.261 e. The molecule has 1 N–H and O–H groups in total. The van der Waals surface area contributed by atoms with Crippen molar-refractivity contribution in [2.75, 3.05) is 13.1 Å². The highest BCUT2D eigenvalue weighted by atomic mass is 32.1. The van der Waals surface area contributed by atoms with Gasteiger partial charge in [-0.1, -0.05) is 12.1 Å². The summed E-state index contributed by atoms with van der Waals surface area (Å²) in [5.41, 5.74) is 2.11. The molecular formula is C18H19N3O2S. The van der Waals surface area contributed by atoms with Gasteiger partial charge in [0.25, 0.3) is 5.91 Å². The van der Waals surface area contributed by atoms with Crippen LogP contribution >= 0.6 is 11.3 Å². The van der Waals surface area contributed by atoms with E-state index in [0.717, 1.165) is 35.8 Å². The van der Waals surface area contributed by atoms with Crippen LogP contribution in [0, 0.1) is 0 Å². The number of nitrogens with one attached hydrogen (secondary N) is 1. The minimum Gasteiger partial charge on any atom is -0.472 e. The standard InChI is InChI=1S/C18H19N3O2S/c22-18(17-5-3-11-24-17)20-8-9-21(12-15-6-10-23-14-15)13-16-4-1-2-7-19-16/h1-7,10-11,14H,8-9,12-13H2,(H,20,22). The molecule has 3 rings (SSSR count). The maximum atomic E-state index is 12.0. The molecule has 0 bridgehead atoms. The Hall–Kier alpha value is -2.44. The summed E-state index contributed by atoms with van der Waals surface area (Å²) < 4.78 is 5.15. The van der Waals surface area contributed by atoms with Crippen LogP contribution in [0.4, 0.5) is 0 Å². The number of carbonyl (C=O) groups excluding carboxylic acids is 1. The third-order valence-corrected chi connectivity index (χ3v) is 4.43. The number of aromatic nitrogens is 1. The first-order valence-electron chi connectivity index (χ1n) is 7.76. The van der Waals surface area contributed by atoms with Crippen LogP contribution in [-0.2, 0) is 13.1 Å². The van der Waals surface area contributed by atoms with Crippen LogP contribution in [0.3, 0.4) is 0 Å². The van der Waals surface area contributed by atoms with Crippen LogP contribution < -0.4 is 5.32 Å². The summed E-state index contributed by atoms with van der Waals surface area (Å²) in [5.74, 6) is -0.0221. The number of hydrogen-bond acceptors (Lipinski definition) is 5. The topological polar surface area (TPSA) is 58.4 Å². The van der Waals surface area contributed by atoms with E-state index in [2.05, 4.69) is 15.2 Å². The van der Waals surface area contributed by atoms with Gasteiger partial charge in [-0.05, 0) is 29.6 Å². The molecule has 0 saturated carbocycles. The molecule has 3 aromatic rings. The summed E-state index contributed by atoms with van der Waals surface area (Å²) in [6, 6.07) is 11.6. The number of amides is 1. The Morgan fingerprint density at radius 1 is 1.21 bits per heavy atom. The molecule has 0 aromatic carbocycles. The number of rotatable bonds is 8. The smallest absolute Gasteiger partial charge is 0.261 e. The number of thiophene rings is 1. The van der Waals surface area contributed by atoms with Gasteiger partial charge in [-0.2, -0.15) is 0 Å². The van der Waals surface area contributed by atoms with Crippen LogP contribution in [0.15, 0.2) is 64.9 Å². The van der Waals surface area contributed by atoms with Gasteiger partial charge >= 0.3 is 0 Å². The van der Waals surface area contributed by atoms with Crippen LogP contribution in [0.2, 0.25) is 0 Å². The van der Waals surface area contributed by atoms with Gasteiger partial charge < -0.3 is 9.73 Å². The van der Waals surface area contributed by atoms with Crippen molar-refractivity contribution in [2.24, 2.45) is 0 Å². The fourth-order valence-electron chi connectivity index (χ4n) is 2.40. The number of hydrogen-bond donors (Lipinski definition) is 1. The normalized spacial score (nSPS) is 10.9. The SMILES string of the molecule is O=C(NCCN(Cc1ccoc1)Cc1ccccn1)c1cccs1. The van der Waals surface area contributed by atoms with Gasteiger partial charge in [-0.15, -0.1) is 11.3 Å². The maximum absolute atomic E-state index is 12.0. The van der Waals surface area contributed by atoms with Gasteiger partial charge in [0, 0.05) is 37.9 Å². The molecule has 0 unspecified atom stereocenters. The molecule has 0 saturated heterocycles. The van der Waals surface area contributed by atoms with Gasteiger partial charge in [0.05, 0.1) is 23.1 Å². The largest absolute Gasteiger partial charge is 0.472 e. The molecule has 0 fully saturated rings. The van der Waals surface area contributed by atoms with E-state index in [1.165, 1.54) is 11.3 Å². The fraction of sp³-hybridized carbons (Fsp3) is 0.222.